The first-order valence-electron chi connectivity index (χ1n) is 39.4. The SMILES string of the molecule is CN1Cc2c(Cl)cc(Cl)cc2C(c2cccc(S(=O)(=O)NCCOCCOCCCN)c2)C1.CN1Cc2c(Cl)cc(Cl)cc2C(c2cccc(S(=O)(=O)NCCOCCOCCOCCNC(=O)C(O)C(O)C(=O)CCCOCCO)c2)C1.COCCOCCCS(=O)(=O)c1cccc(C2CN(C)Cc3c(Cl)cc(Cl)cc32)c1.O=C(O)C(O)C(O)C(=O)O. The summed E-state index contributed by atoms with van der Waals surface area (Å²) in [6.07, 6.45) is -6.84. The van der Waals surface area contributed by atoms with Gasteiger partial charge in [0.05, 0.1) is 106 Å². The molecule has 3 aliphatic heterocycles. The molecule has 123 heavy (non-hydrogen) atoms. The lowest BCUT2D eigenvalue weighted by Gasteiger charge is -2.33. The van der Waals surface area contributed by atoms with E-state index in [-0.39, 0.29) is 132 Å². The van der Waals surface area contributed by atoms with Crippen LogP contribution in [0.2, 0.25) is 30.1 Å². The summed E-state index contributed by atoms with van der Waals surface area (Å²) in [5.41, 5.74) is 14.2. The number of nitrogens with one attached hydrogen (secondary N) is 3. The Morgan fingerprint density at radius 3 is 1.19 bits per heavy atom. The molecule has 0 aliphatic carbocycles. The number of aliphatic hydroxyl groups excluding tert-OH is 5. The number of halogens is 6. The quantitative estimate of drug-likeness (QED) is 0.0179. The number of carboxylic acids is 2. The van der Waals surface area contributed by atoms with Crippen molar-refractivity contribution in [2.75, 3.05) is 186 Å². The van der Waals surface area contributed by atoms with Gasteiger partial charge >= 0.3 is 11.9 Å². The molecule has 41 heteroatoms. The first kappa shape index (κ1) is 106. The van der Waals surface area contributed by atoms with Gasteiger partial charge in [-0.25, -0.2) is 44.3 Å². The van der Waals surface area contributed by atoms with E-state index >= 15 is 0 Å². The van der Waals surface area contributed by atoms with Crippen LogP contribution in [0.25, 0.3) is 0 Å². The zero-order valence-corrected chi connectivity index (χ0v) is 75.7. The van der Waals surface area contributed by atoms with Crippen LogP contribution < -0.4 is 20.5 Å². The molecular formula is C82H111Cl6N7O25S3. The zero-order valence-electron chi connectivity index (χ0n) is 68.7. The number of likely N-dealkylation sites (N-methyl/N-ethyl adjacent to an activating group) is 3. The summed E-state index contributed by atoms with van der Waals surface area (Å²) >= 11 is 38.2. The minimum Gasteiger partial charge on any atom is -0.479 e. The average Bonchev–Trinajstić information content (AvgIpc) is 0.781. The lowest BCUT2D eigenvalue weighted by Crippen LogP contribution is -2.46. The van der Waals surface area contributed by atoms with E-state index in [2.05, 4.69) is 29.5 Å². The third kappa shape index (κ3) is 35.3. The summed E-state index contributed by atoms with van der Waals surface area (Å²) < 4.78 is 125. The van der Waals surface area contributed by atoms with Gasteiger partial charge in [-0.1, -0.05) is 106 Å². The number of amides is 1. The van der Waals surface area contributed by atoms with Crippen molar-refractivity contribution in [3.8, 4) is 0 Å². The number of carbonyl (C=O) groups excluding carboxylic acids is 2. The average molecular weight is 1900 g/mol. The number of ketones is 1. The summed E-state index contributed by atoms with van der Waals surface area (Å²) in [5.74, 6) is -5.20. The van der Waals surface area contributed by atoms with Gasteiger partial charge in [0.25, 0.3) is 5.91 Å². The van der Waals surface area contributed by atoms with Gasteiger partial charge in [-0.3, -0.25) is 9.59 Å². The molecule has 684 valence electrons. The highest BCUT2D eigenvalue weighted by molar-refractivity contribution is 7.91. The van der Waals surface area contributed by atoms with Crippen molar-refractivity contribution >= 4 is 123 Å². The highest BCUT2D eigenvalue weighted by Gasteiger charge is 2.34. The van der Waals surface area contributed by atoms with Crippen LogP contribution in [0.15, 0.2) is 124 Å². The molecule has 1 amide bonds. The summed E-state index contributed by atoms with van der Waals surface area (Å²) in [7, 11) is -3.21. The first-order chi connectivity index (χ1) is 58.5. The molecule has 0 bridgehead atoms. The molecule has 3 heterocycles. The summed E-state index contributed by atoms with van der Waals surface area (Å²) in [4.78, 5) is 50.6. The fourth-order valence-electron chi connectivity index (χ4n) is 13.1. The molecule has 7 atom stereocenters. The Morgan fingerprint density at radius 1 is 0.447 bits per heavy atom. The highest BCUT2D eigenvalue weighted by atomic mass is 35.5. The predicted molar refractivity (Wildman–Crippen MR) is 465 cm³/mol. The maximum Gasteiger partial charge on any atom is 0.335 e. The smallest absolute Gasteiger partial charge is 0.335 e. The third-order valence-electron chi connectivity index (χ3n) is 19.3. The second-order valence-electron chi connectivity index (χ2n) is 28.8. The molecule has 32 nitrogen and oxygen atoms in total. The minimum absolute atomic E-state index is 0.00229. The number of aliphatic carboxylic acids is 2. The van der Waals surface area contributed by atoms with Crippen LogP contribution >= 0.6 is 69.6 Å². The monoisotopic (exact) mass is 1900 g/mol. The molecule has 0 aromatic heterocycles. The maximum absolute atomic E-state index is 13.0. The predicted octanol–water partition coefficient (Wildman–Crippen LogP) is 6.60. The Kier molecular flexibility index (Phi) is 47.0. The van der Waals surface area contributed by atoms with Gasteiger partial charge in [0, 0.05) is 140 Å². The number of ether oxygens (including phenoxy) is 8. The number of Topliss-reactive ketones (excluding diaryl/α,β-unsaturated/α-hetero) is 1. The molecular weight excluding hydrogens is 1790 g/mol. The normalized spacial score (nSPS) is 16.5. The number of rotatable bonds is 48. The van der Waals surface area contributed by atoms with Gasteiger partial charge in [-0.05, 0) is 170 Å². The van der Waals surface area contributed by atoms with E-state index in [0.717, 1.165) is 82.7 Å². The van der Waals surface area contributed by atoms with Gasteiger partial charge in [0.15, 0.2) is 33.9 Å². The second kappa shape index (κ2) is 54.5. The number of hydrogen-bond donors (Lipinski definition) is 11. The van der Waals surface area contributed by atoms with Crippen LogP contribution in [0, 0.1) is 0 Å². The molecule has 9 rings (SSSR count). The van der Waals surface area contributed by atoms with E-state index in [1.807, 2.05) is 57.5 Å². The van der Waals surface area contributed by atoms with Gasteiger partial charge < -0.3 is 99.4 Å². The molecule has 6 aromatic rings. The van der Waals surface area contributed by atoms with Gasteiger partial charge in [-0.15, -0.1) is 0 Å². The van der Waals surface area contributed by atoms with E-state index in [1.165, 1.54) is 0 Å². The number of carboxylic acid groups (broad SMARTS) is 2. The van der Waals surface area contributed by atoms with E-state index in [4.69, 9.17) is 139 Å². The van der Waals surface area contributed by atoms with Crippen molar-refractivity contribution in [2.24, 2.45) is 5.73 Å². The van der Waals surface area contributed by atoms with Crippen molar-refractivity contribution in [2.45, 2.75) is 102 Å². The van der Waals surface area contributed by atoms with E-state index in [9.17, 15) is 54.6 Å². The number of nitrogens with zero attached hydrogens (tertiary/aromatic N) is 3. The standard InChI is InChI=1S/C33H47Cl2N3O11S.C23H31Cl2N3O4S.C22H27Cl2NO4S.C4H6O6/c1-38-21-27(26-19-24(34)20-29(35)28(26)22-38)23-4-2-5-25(18-23)50(44,45)37-8-12-48-15-17-49-16-14-47-11-7-36-33(43)32(42)31(41)30(40)6-3-10-46-13-9-39;1-28-15-21(20-13-18(24)14-23(25)22(20)16-28)17-4-2-5-19(12-17)33(29,30)27-7-9-32-11-10-31-8-3-6-26;1-25-14-20(19-12-17(23)13-22(24)21(19)15-25)16-5-3-6-18(11-16)30(26,27)10-4-7-29-9-8-28-2;5-1(3(7)8)2(6)4(9)10/h2,4-5,18-20,27,31-32,37,39,41-42H,3,6-17,21-22H2,1H3,(H,36,43);2,4-5,12-14,21,27H,3,6-11,15-16,26H2,1H3;3,5-6,11-13,20H,4,7-10,14-15H2,1-2H3;1-2,5-6H,(H,7,8)(H,9,10). The van der Waals surface area contributed by atoms with Gasteiger partial charge in [-0.2, -0.15) is 0 Å². The van der Waals surface area contributed by atoms with E-state index in [1.54, 1.807) is 79.9 Å². The van der Waals surface area contributed by atoms with Gasteiger partial charge in [0.1, 0.15) is 6.10 Å². The van der Waals surface area contributed by atoms with Crippen LogP contribution in [0.3, 0.4) is 0 Å². The molecule has 0 spiro atoms. The first-order valence-corrected chi connectivity index (χ1v) is 46.3. The molecule has 3 aliphatic rings. The topological polar surface area (TPSA) is 458 Å². The molecule has 0 radical (unpaired) electrons. The number of hydrogen-bond acceptors (Lipinski definition) is 27. The number of nitrogens with two attached hydrogens (primary N) is 1. The molecule has 0 saturated heterocycles. The van der Waals surface area contributed by atoms with Crippen molar-refractivity contribution in [3.05, 3.63) is 189 Å². The Morgan fingerprint density at radius 2 is 0.797 bits per heavy atom. The summed E-state index contributed by atoms with van der Waals surface area (Å²) in [6, 6.07) is 32.1. The minimum atomic E-state index is -3.79. The van der Waals surface area contributed by atoms with E-state index in [0.29, 0.717) is 101 Å². The highest BCUT2D eigenvalue weighted by Crippen LogP contribution is 2.42. The zero-order chi connectivity index (χ0) is 90.4. The number of carbonyl (C=O) groups is 4. The lowest BCUT2D eigenvalue weighted by molar-refractivity contribution is -0.165. The number of sulfonamides is 2. The second-order valence-corrected chi connectivity index (χ2v) is 36.9. The number of sulfone groups is 1. The van der Waals surface area contributed by atoms with Crippen molar-refractivity contribution in [1.29, 1.82) is 0 Å². The van der Waals surface area contributed by atoms with Crippen LogP contribution in [0.5, 0.6) is 0 Å². The molecule has 12 N–H and O–H groups in total. The number of aliphatic hydroxyl groups is 5. The van der Waals surface area contributed by atoms with Crippen LogP contribution in [0.1, 0.15) is 93.5 Å². The van der Waals surface area contributed by atoms with Crippen LogP contribution in [0.4, 0.5) is 0 Å². The third-order valence-corrected chi connectivity index (χ3v) is 25.6. The van der Waals surface area contributed by atoms with Crippen molar-refractivity contribution in [3.63, 3.8) is 0 Å². The lowest BCUT2D eigenvalue weighted by atomic mass is 9.85. The summed E-state index contributed by atoms with van der Waals surface area (Å²) in [5, 5.41) is 66.9. The molecule has 6 aromatic carbocycles. The molecule has 0 fully saturated rings. The van der Waals surface area contributed by atoms with Crippen molar-refractivity contribution in [1.82, 2.24) is 29.5 Å². The van der Waals surface area contributed by atoms with Gasteiger partial charge in [0.2, 0.25) is 20.0 Å². The Bertz CT molecular complexity index is 4690. The Hall–Kier alpha value is -5.77. The molecule has 0 saturated carbocycles. The van der Waals surface area contributed by atoms with Crippen LogP contribution in [-0.4, -0.2) is 309 Å². The fourth-order valence-corrected chi connectivity index (χ4v) is 18.3. The Labute approximate surface area is 748 Å². The van der Waals surface area contributed by atoms with E-state index < -0.39 is 77.9 Å². The fraction of sp³-hybridized carbons (Fsp3) is 0.512. The largest absolute Gasteiger partial charge is 0.479 e. The maximum atomic E-state index is 13.0. The Balaban J connectivity index is 0.000000279. The molecule has 7 unspecified atom stereocenters. The number of methoxy groups -OCH3 is 1. The number of benzene rings is 6. The number of fused-ring (bicyclic) bond motifs is 3. The summed E-state index contributed by atoms with van der Waals surface area (Å²) in [6.45, 7) is 9.72. The van der Waals surface area contributed by atoms with Crippen LogP contribution in [-0.2, 0) is 107 Å². The van der Waals surface area contributed by atoms with Crippen molar-refractivity contribution < 1.29 is 118 Å².